The summed E-state index contributed by atoms with van der Waals surface area (Å²) in [6, 6.07) is 0. The molecule has 2 atom stereocenters. The molecule has 0 aliphatic carbocycles. The second kappa shape index (κ2) is 6.55. The van der Waals surface area contributed by atoms with Crippen LogP contribution in [0.1, 0.15) is 54.9 Å². The first-order chi connectivity index (χ1) is 8.58. The van der Waals surface area contributed by atoms with E-state index in [2.05, 4.69) is 53.4 Å². The average molecular weight is 271 g/mol. The third kappa shape index (κ3) is 6.73. The second-order valence-electron chi connectivity index (χ2n) is 8.15. The molecule has 0 aromatic carbocycles. The lowest BCUT2D eigenvalue weighted by atomic mass is 9.74. The van der Waals surface area contributed by atoms with Crippen LogP contribution in [0.25, 0.3) is 0 Å². The predicted octanol–water partition coefficient (Wildman–Crippen LogP) is 3.74. The summed E-state index contributed by atoms with van der Waals surface area (Å²) < 4.78 is 11.3. The van der Waals surface area contributed by atoms with Gasteiger partial charge in [-0.05, 0) is 44.4 Å². The summed E-state index contributed by atoms with van der Waals surface area (Å²) in [6.45, 7) is 18.9. The number of hydrogen-bond acceptors (Lipinski definition) is 3. The fourth-order valence-electron chi connectivity index (χ4n) is 2.58. The van der Waals surface area contributed by atoms with Gasteiger partial charge in [0.1, 0.15) is 13.5 Å². The molecule has 0 unspecified atom stereocenters. The summed E-state index contributed by atoms with van der Waals surface area (Å²) in [5.74, 6) is 1.51. The molecule has 1 fully saturated rings. The van der Waals surface area contributed by atoms with Crippen molar-refractivity contribution in [2.45, 2.75) is 60.5 Å². The number of hydrogen-bond donors (Lipinski definition) is 0. The van der Waals surface area contributed by atoms with Gasteiger partial charge in [-0.3, -0.25) is 4.90 Å². The van der Waals surface area contributed by atoms with Crippen LogP contribution in [0.2, 0.25) is 0 Å². The van der Waals surface area contributed by atoms with Gasteiger partial charge in [0.25, 0.3) is 0 Å². The molecule has 19 heavy (non-hydrogen) atoms. The fourth-order valence-corrected chi connectivity index (χ4v) is 2.58. The van der Waals surface area contributed by atoms with Crippen LogP contribution in [-0.4, -0.2) is 37.1 Å². The van der Waals surface area contributed by atoms with E-state index in [-0.39, 0.29) is 5.60 Å². The van der Waals surface area contributed by atoms with Crippen molar-refractivity contribution in [2.24, 2.45) is 17.3 Å². The Labute approximate surface area is 119 Å². The summed E-state index contributed by atoms with van der Waals surface area (Å²) in [4.78, 5) is 2.43. The molecule has 0 saturated carbocycles. The van der Waals surface area contributed by atoms with Crippen LogP contribution in [0.5, 0.6) is 0 Å². The molecule has 0 aromatic rings. The molecule has 3 nitrogen and oxygen atoms in total. The predicted molar refractivity (Wildman–Crippen MR) is 80.0 cm³/mol. The summed E-state index contributed by atoms with van der Waals surface area (Å²) in [6.07, 6.45) is 1.33. The summed E-state index contributed by atoms with van der Waals surface area (Å²) in [5.41, 5.74) is 0.262. The van der Waals surface area contributed by atoms with E-state index in [9.17, 15) is 0 Å². The molecule has 114 valence electrons. The topological polar surface area (TPSA) is 21.7 Å². The van der Waals surface area contributed by atoms with Gasteiger partial charge in [-0.15, -0.1) is 0 Å². The summed E-state index contributed by atoms with van der Waals surface area (Å²) in [5, 5.41) is 0. The fraction of sp³-hybridized carbons (Fsp3) is 1.00. The molecule has 0 N–H and O–H groups in total. The molecular weight excluding hydrogens is 238 g/mol. The summed E-state index contributed by atoms with van der Waals surface area (Å²) >= 11 is 0. The monoisotopic (exact) mass is 271 g/mol. The molecule has 0 aromatic heterocycles. The molecule has 1 heterocycles. The van der Waals surface area contributed by atoms with Gasteiger partial charge in [0.05, 0.1) is 5.60 Å². The first-order valence-electron chi connectivity index (χ1n) is 7.52. The zero-order valence-corrected chi connectivity index (χ0v) is 14.0. The molecule has 0 amide bonds. The van der Waals surface area contributed by atoms with Crippen LogP contribution in [0.3, 0.4) is 0 Å². The maximum atomic E-state index is 5.66. The molecule has 3 heteroatoms. The number of nitrogens with zero attached hydrogens (tertiary/aromatic N) is 1. The van der Waals surface area contributed by atoms with Gasteiger partial charge in [-0.25, -0.2) is 0 Å². The second-order valence-corrected chi connectivity index (χ2v) is 8.15. The lowest BCUT2D eigenvalue weighted by molar-refractivity contribution is -0.147. The van der Waals surface area contributed by atoms with Crippen LogP contribution < -0.4 is 0 Å². The number of ether oxygens (including phenoxy) is 2. The third-order valence-electron chi connectivity index (χ3n) is 3.81. The quantitative estimate of drug-likeness (QED) is 0.574. The van der Waals surface area contributed by atoms with Crippen molar-refractivity contribution >= 4 is 0 Å². The normalized spacial score (nSPS) is 26.7. The first kappa shape index (κ1) is 16.9. The Bertz CT molecular complexity index is 265. The molecule has 0 radical (unpaired) electrons. The number of likely N-dealkylation sites (tertiary alicyclic amines) is 1. The highest BCUT2D eigenvalue weighted by atomic mass is 16.7. The highest BCUT2D eigenvalue weighted by Crippen LogP contribution is 2.35. The van der Waals surface area contributed by atoms with Crippen LogP contribution in [-0.2, 0) is 9.47 Å². The lowest BCUT2D eigenvalue weighted by Crippen LogP contribution is -2.45. The zero-order chi connectivity index (χ0) is 14.7. The Morgan fingerprint density at radius 1 is 1.05 bits per heavy atom. The Balaban J connectivity index is 2.33. The maximum absolute atomic E-state index is 5.66. The molecular formula is C16H33NO2. The van der Waals surface area contributed by atoms with E-state index >= 15 is 0 Å². The highest BCUT2D eigenvalue weighted by molar-refractivity contribution is 4.83. The van der Waals surface area contributed by atoms with E-state index in [0.717, 1.165) is 24.9 Å². The van der Waals surface area contributed by atoms with Crippen molar-refractivity contribution in [3.63, 3.8) is 0 Å². The number of rotatable bonds is 4. The smallest absolute Gasteiger partial charge is 0.149 e. The number of piperidine rings is 1. The van der Waals surface area contributed by atoms with Crippen LogP contribution >= 0.6 is 0 Å². The third-order valence-corrected chi connectivity index (χ3v) is 3.81. The van der Waals surface area contributed by atoms with Crippen molar-refractivity contribution in [3.8, 4) is 0 Å². The van der Waals surface area contributed by atoms with Gasteiger partial charge in [0.15, 0.2) is 0 Å². The van der Waals surface area contributed by atoms with E-state index < -0.39 is 0 Å². The van der Waals surface area contributed by atoms with Crippen molar-refractivity contribution in [1.82, 2.24) is 4.90 Å². The van der Waals surface area contributed by atoms with Gasteiger partial charge in [0.2, 0.25) is 0 Å². The van der Waals surface area contributed by atoms with Crippen molar-refractivity contribution in [2.75, 3.05) is 26.6 Å². The van der Waals surface area contributed by atoms with E-state index in [1.807, 2.05) is 0 Å². The lowest BCUT2D eigenvalue weighted by Gasteiger charge is -2.42. The molecule has 1 saturated heterocycles. The summed E-state index contributed by atoms with van der Waals surface area (Å²) in [7, 11) is 0. The minimum atomic E-state index is -0.122. The van der Waals surface area contributed by atoms with Crippen LogP contribution in [0, 0.1) is 17.3 Å². The van der Waals surface area contributed by atoms with E-state index in [1.54, 1.807) is 0 Å². The van der Waals surface area contributed by atoms with Crippen molar-refractivity contribution in [3.05, 3.63) is 0 Å². The van der Waals surface area contributed by atoms with E-state index in [4.69, 9.17) is 9.47 Å². The minimum absolute atomic E-state index is 0.122. The van der Waals surface area contributed by atoms with Gasteiger partial charge in [0, 0.05) is 13.1 Å². The van der Waals surface area contributed by atoms with Crippen molar-refractivity contribution in [1.29, 1.82) is 0 Å². The highest BCUT2D eigenvalue weighted by Gasteiger charge is 2.32. The first-order valence-corrected chi connectivity index (χ1v) is 7.52. The molecule has 1 rings (SSSR count). The van der Waals surface area contributed by atoms with Crippen LogP contribution in [0.4, 0.5) is 0 Å². The molecule has 1 aliphatic rings. The standard InChI is InChI=1S/C16H33NO2/c1-13-8-14(15(2,3)4)10-17(9-13)11-18-12-19-16(5,6)7/h13-14H,8-12H2,1-7H3/t13-,14-/m1/s1. The van der Waals surface area contributed by atoms with Gasteiger partial charge >= 0.3 is 0 Å². The SMILES string of the molecule is C[C@@H]1C[C@@H](C(C)(C)C)CN(COCOC(C)(C)C)C1. The van der Waals surface area contributed by atoms with Gasteiger partial charge < -0.3 is 9.47 Å². The Hall–Kier alpha value is -0.120. The Kier molecular flexibility index (Phi) is 5.84. The molecule has 0 spiro atoms. The maximum Gasteiger partial charge on any atom is 0.149 e. The zero-order valence-electron chi connectivity index (χ0n) is 14.0. The van der Waals surface area contributed by atoms with E-state index in [0.29, 0.717) is 18.9 Å². The Morgan fingerprint density at radius 2 is 1.68 bits per heavy atom. The molecule has 1 aliphatic heterocycles. The van der Waals surface area contributed by atoms with Gasteiger partial charge in [-0.1, -0.05) is 27.7 Å². The largest absolute Gasteiger partial charge is 0.350 e. The van der Waals surface area contributed by atoms with Gasteiger partial charge in [-0.2, -0.15) is 0 Å². The Morgan fingerprint density at radius 3 is 2.21 bits per heavy atom. The average Bonchev–Trinajstić information content (AvgIpc) is 2.21. The van der Waals surface area contributed by atoms with Crippen molar-refractivity contribution < 1.29 is 9.47 Å². The minimum Gasteiger partial charge on any atom is -0.350 e. The molecule has 0 bridgehead atoms. The van der Waals surface area contributed by atoms with Crippen LogP contribution in [0.15, 0.2) is 0 Å². The van der Waals surface area contributed by atoms with E-state index in [1.165, 1.54) is 6.42 Å².